The number of nitrogens with one attached hydrogen (secondary N) is 1. The maximum absolute atomic E-state index is 11.3. The lowest BCUT2D eigenvalue weighted by Gasteiger charge is -2.04. The van der Waals surface area contributed by atoms with Crippen LogP contribution in [-0.2, 0) is 9.53 Å². The molecule has 0 aliphatic carbocycles. The minimum Gasteiger partial charge on any atom is -0.453 e. The largest absolute Gasteiger partial charge is 0.471 e. The molecule has 0 aliphatic heterocycles. The summed E-state index contributed by atoms with van der Waals surface area (Å²) in [6, 6.07) is 0. The first-order chi connectivity index (χ1) is 4.88. The molecule has 2 amide bonds. The predicted molar refractivity (Wildman–Crippen MR) is 26.6 cm³/mol. The maximum atomic E-state index is 11.3. The highest BCUT2D eigenvalue weighted by Crippen LogP contribution is 2.13. The summed E-state index contributed by atoms with van der Waals surface area (Å²) in [5.74, 6) is -2.34. The molecular weight excluding hydrogens is 167 g/mol. The van der Waals surface area contributed by atoms with Crippen molar-refractivity contribution in [2.45, 2.75) is 6.18 Å². The third-order valence-electron chi connectivity index (χ3n) is 0.658. The van der Waals surface area contributed by atoms with Crippen molar-refractivity contribution in [1.82, 2.24) is 5.32 Å². The lowest BCUT2D eigenvalue weighted by Crippen LogP contribution is -2.40. The summed E-state index contributed by atoms with van der Waals surface area (Å²) in [6.45, 7) is 0. The summed E-state index contributed by atoms with van der Waals surface area (Å²) >= 11 is 0. The summed E-state index contributed by atoms with van der Waals surface area (Å²) < 4.78 is 37.7. The van der Waals surface area contributed by atoms with E-state index in [1.165, 1.54) is 0 Å². The van der Waals surface area contributed by atoms with Crippen LogP contribution < -0.4 is 5.32 Å². The molecule has 0 atom stereocenters. The SMILES string of the molecule is COC(=O)NC(=O)C(F)(F)F. The highest BCUT2D eigenvalue weighted by atomic mass is 19.4. The Bertz CT molecular complexity index is 176. The second-order valence-corrected chi connectivity index (χ2v) is 1.44. The Morgan fingerprint density at radius 1 is 1.36 bits per heavy atom. The van der Waals surface area contributed by atoms with E-state index in [9.17, 15) is 22.8 Å². The first-order valence-electron chi connectivity index (χ1n) is 2.34. The van der Waals surface area contributed by atoms with E-state index in [4.69, 9.17) is 0 Å². The number of carbonyl (C=O) groups excluding carboxylic acids is 2. The standard InChI is InChI=1S/C4H4F3NO3/c1-11-3(10)8-2(9)4(5,6)7/h1H3,(H,8,9,10). The second kappa shape index (κ2) is 3.22. The van der Waals surface area contributed by atoms with Crippen LogP contribution in [0.1, 0.15) is 0 Å². The Labute approximate surface area is 59.3 Å². The molecular formula is C4H4F3NO3. The van der Waals surface area contributed by atoms with Crippen molar-refractivity contribution in [3.8, 4) is 0 Å². The fourth-order valence-electron chi connectivity index (χ4n) is 0.215. The summed E-state index contributed by atoms with van der Waals surface area (Å²) in [5, 5.41) is 0.944. The molecule has 0 aliphatic rings. The first-order valence-corrected chi connectivity index (χ1v) is 2.34. The van der Waals surface area contributed by atoms with Gasteiger partial charge in [0.15, 0.2) is 0 Å². The minimum absolute atomic E-state index is 0.846. The number of alkyl halides is 3. The fraction of sp³-hybridized carbons (Fsp3) is 0.500. The van der Waals surface area contributed by atoms with Gasteiger partial charge in [-0.3, -0.25) is 10.1 Å². The molecule has 0 radical (unpaired) electrons. The summed E-state index contributed by atoms with van der Waals surface area (Å²) in [7, 11) is 0.846. The summed E-state index contributed by atoms with van der Waals surface area (Å²) in [6.07, 6.45) is -6.50. The molecule has 1 N–H and O–H groups in total. The molecule has 0 bridgehead atoms. The summed E-state index contributed by atoms with van der Waals surface area (Å²) in [5.41, 5.74) is 0. The molecule has 0 saturated carbocycles. The molecule has 0 rings (SSSR count). The smallest absolute Gasteiger partial charge is 0.453 e. The molecule has 7 heteroatoms. The average Bonchev–Trinajstić information content (AvgIpc) is 1.85. The number of rotatable bonds is 0. The van der Waals surface area contributed by atoms with E-state index in [1.807, 2.05) is 0 Å². The van der Waals surface area contributed by atoms with Crippen molar-refractivity contribution in [2.75, 3.05) is 7.11 Å². The van der Waals surface area contributed by atoms with Gasteiger partial charge in [-0.2, -0.15) is 13.2 Å². The van der Waals surface area contributed by atoms with Gasteiger partial charge in [0, 0.05) is 0 Å². The third kappa shape index (κ3) is 3.43. The van der Waals surface area contributed by atoms with Crippen LogP contribution in [-0.4, -0.2) is 25.3 Å². The van der Waals surface area contributed by atoms with E-state index < -0.39 is 18.2 Å². The maximum Gasteiger partial charge on any atom is 0.471 e. The Morgan fingerprint density at radius 3 is 2.09 bits per heavy atom. The number of hydrogen-bond acceptors (Lipinski definition) is 3. The molecule has 64 valence electrons. The monoisotopic (exact) mass is 171 g/mol. The fourth-order valence-corrected chi connectivity index (χ4v) is 0.215. The lowest BCUT2D eigenvalue weighted by molar-refractivity contribution is -0.172. The van der Waals surface area contributed by atoms with E-state index in [1.54, 1.807) is 0 Å². The zero-order valence-electron chi connectivity index (χ0n) is 5.36. The molecule has 0 aromatic rings. The number of ether oxygens (including phenoxy) is 1. The number of imide groups is 1. The zero-order chi connectivity index (χ0) is 9.07. The molecule has 0 aromatic carbocycles. The van der Waals surface area contributed by atoms with Crippen LogP contribution in [0.15, 0.2) is 0 Å². The quantitative estimate of drug-likeness (QED) is 0.575. The highest BCUT2D eigenvalue weighted by molar-refractivity contribution is 5.94. The van der Waals surface area contributed by atoms with Gasteiger partial charge in [-0.1, -0.05) is 0 Å². The zero-order valence-corrected chi connectivity index (χ0v) is 5.36. The van der Waals surface area contributed by atoms with Gasteiger partial charge >= 0.3 is 18.2 Å². The first kappa shape index (κ1) is 9.73. The van der Waals surface area contributed by atoms with Crippen LogP contribution in [0.2, 0.25) is 0 Å². The van der Waals surface area contributed by atoms with Gasteiger partial charge < -0.3 is 4.74 Å². The molecule has 0 spiro atoms. The van der Waals surface area contributed by atoms with Gasteiger partial charge in [0.25, 0.3) is 0 Å². The van der Waals surface area contributed by atoms with Crippen LogP contribution in [0.5, 0.6) is 0 Å². The van der Waals surface area contributed by atoms with Gasteiger partial charge in [-0.05, 0) is 0 Å². The number of amides is 2. The molecule has 4 nitrogen and oxygen atoms in total. The number of alkyl carbamates (subject to hydrolysis) is 1. The van der Waals surface area contributed by atoms with Crippen LogP contribution >= 0.6 is 0 Å². The van der Waals surface area contributed by atoms with E-state index in [0.717, 1.165) is 12.4 Å². The molecule has 0 saturated heterocycles. The van der Waals surface area contributed by atoms with Crippen molar-refractivity contribution >= 4 is 12.0 Å². The van der Waals surface area contributed by atoms with Crippen molar-refractivity contribution in [3.05, 3.63) is 0 Å². The summed E-state index contributed by atoms with van der Waals surface area (Å²) in [4.78, 5) is 19.9. The van der Waals surface area contributed by atoms with Gasteiger partial charge in [-0.15, -0.1) is 0 Å². The van der Waals surface area contributed by atoms with Crippen molar-refractivity contribution in [2.24, 2.45) is 0 Å². The lowest BCUT2D eigenvalue weighted by atomic mass is 10.6. The Balaban J connectivity index is 3.99. The van der Waals surface area contributed by atoms with Gasteiger partial charge in [0.2, 0.25) is 0 Å². The number of hydrogen-bond donors (Lipinski definition) is 1. The van der Waals surface area contributed by atoms with Crippen molar-refractivity contribution in [1.29, 1.82) is 0 Å². The number of halogens is 3. The molecule has 0 unspecified atom stereocenters. The van der Waals surface area contributed by atoms with E-state index in [-0.39, 0.29) is 0 Å². The van der Waals surface area contributed by atoms with Gasteiger partial charge in [0.05, 0.1) is 7.11 Å². The topological polar surface area (TPSA) is 55.4 Å². The minimum atomic E-state index is -5.06. The Morgan fingerprint density at radius 2 is 1.82 bits per heavy atom. The normalized spacial score (nSPS) is 10.5. The van der Waals surface area contributed by atoms with Gasteiger partial charge in [-0.25, -0.2) is 4.79 Å². The number of carbonyl (C=O) groups is 2. The van der Waals surface area contributed by atoms with Crippen LogP contribution in [0.25, 0.3) is 0 Å². The van der Waals surface area contributed by atoms with Crippen LogP contribution in [0.3, 0.4) is 0 Å². The predicted octanol–water partition coefficient (Wildman–Crippen LogP) is 0.431. The van der Waals surface area contributed by atoms with Crippen LogP contribution in [0.4, 0.5) is 18.0 Å². The van der Waals surface area contributed by atoms with E-state index >= 15 is 0 Å². The highest BCUT2D eigenvalue weighted by Gasteiger charge is 2.39. The van der Waals surface area contributed by atoms with Crippen LogP contribution in [0, 0.1) is 0 Å². The second-order valence-electron chi connectivity index (χ2n) is 1.44. The Hall–Kier alpha value is -1.27. The number of methoxy groups -OCH3 is 1. The van der Waals surface area contributed by atoms with Crippen molar-refractivity contribution in [3.63, 3.8) is 0 Å². The third-order valence-corrected chi connectivity index (χ3v) is 0.658. The van der Waals surface area contributed by atoms with E-state index in [2.05, 4.69) is 4.74 Å². The Kier molecular flexibility index (Phi) is 2.85. The molecule has 0 fully saturated rings. The van der Waals surface area contributed by atoms with Crippen molar-refractivity contribution < 1.29 is 27.5 Å². The molecule has 0 heterocycles. The van der Waals surface area contributed by atoms with E-state index in [0.29, 0.717) is 0 Å². The average molecular weight is 171 g/mol. The van der Waals surface area contributed by atoms with Gasteiger partial charge in [0.1, 0.15) is 0 Å². The molecule has 0 aromatic heterocycles. The molecule has 11 heavy (non-hydrogen) atoms.